The minimum Gasteiger partial charge on any atom is -0.455 e. The first-order valence-corrected chi connectivity index (χ1v) is 9.74. The van der Waals surface area contributed by atoms with E-state index in [1.165, 1.54) is 18.2 Å². The molecule has 26 heavy (non-hydrogen) atoms. The molecule has 8 nitrogen and oxygen atoms in total. The van der Waals surface area contributed by atoms with Crippen molar-refractivity contribution in [3.63, 3.8) is 0 Å². The predicted molar refractivity (Wildman–Crippen MR) is 92.3 cm³/mol. The monoisotopic (exact) mass is 379 g/mol. The highest BCUT2D eigenvalue weighted by Gasteiger charge is 2.23. The Morgan fingerprint density at radius 2 is 2.12 bits per heavy atom. The standard InChI is InChI=1S/C17H21N3O5S/c1-13-5-4-8-20(11-13)16(21)12-25-17(22)10-19-26(23,24)15-7-3-2-6-14(15)9-18/h2-3,6-7,13,19H,4-5,8,10-12H2,1H3/t13-/m1/s1. The Labute approximate surface area is 152 Å². The zero-order chi connectivity index (χ0) is 19.2. The van der Waals surface area contributed by atoms with Crippen molar-refractivity contribution in [2.45, 2.75) is 24.7 Å². The summed E-state index contributed by atoms with van der Waals surface area (Å²) in [4.78, 5) is 25.2. The minimum atomic E-state index is -4.03. The van der Waals surface area contributed by atoms with Gasteiger partial charge >= 0.3 is 5.97 Å². The highest BCUT2D eigenvalue weighted by atomic mass is 32.2. The van der Waals surface area contributed by atoms with Crippen LogP contribution in [0.1, 0.15) is 25.3 Å². The van der Waals surface area contributed by atoms with Gasteiger partial charge in [-0.3, -0.25) is 9.59 Å². The van der Waals surface area contributed by atoms with Crippen LogP contribution in [0.15, 0.2) is 29.2 Å². The van der Waals surface area contributed by atoms with Gasteiger partial charge in [-0.1, -0.05) is 19.1 Å². The fourth-order valence-corrected chi connectivity index (χ4v) is 3.85. The first kappa shape index (κ1) is 19.9. The summed E-state index contributed by atoms with van der Waals surface area (Å²) in [7, 11) is -4.03. The van der Waals surface area contributed by atoms with Crippen molar-refractivity contribution in [2.24, 2.45) is 5.92 Å². The van der Waals surface area contributed by atoms with E-state index >= 15 is 0 Å². The number of hydrogen-bond donors (Lipinski definition) is 1. The van der Waals surface area contributed by atoms with Crippen LogP contribution in [0.2, 0.25) is 0 Å². The summed E-state index contributed by atoms with van der Waals surface area (Å²) in [5.74, 6) is -0.737. The molecule has 2 rings (SSSR count). The molecule has 0 unspecified atom stereocenters. The van der Waals surface area contributed by atoms with E-state index < -0.39 is 29.1 Å². The molecule has 0 spiro atoms. The second kappa shape index (κ2) is 8.78. The number of carbonyl (C=O) groups excluding carboxylic acids is 2. The maximum Gasteiger partial charge on any atom is 0.321 e. The fraction of sp³-hybridized carbons (Fsp3) is 0.471. The van der Waals surface area contributed by atoms with Crippen LogP contribution in [0.5, 0.6) is 0 Å². The molecular formula is C17H21N3O5S. The summed E-state index contributed by atoms with van der Waals surface area (Å²) in [5, 5.41) is 8.97. The van der Waals surface area contributed by atoms with Crippen LogP contribution in [0.4, 0.5) is 0 Å². The summed E-state index contributed by atoms with van der Waals surface area (Å²) < 4.78 is 31.3. The topological polar surface area (TPSA) is 117 Å². The lowest BCUT2D eigenvalue weighted by Gasteiger charge is -2.30. The van der Waals surface area contributed by atoms with Crippen LogP contribution in [-0.2, 0) is 24.3 Å². The second-order valence-electron chi connectivity index (χ2n) is 6.18. The summed E-state index contributed by atoms with van der Waals surface area (Å²) in [5.41, 5.74) is -0.0252. The third-order valence-electron chi connectivity index (χ3n) is 4.07. The number of likely N-dealkylation sites (tertiary alicyclic amines) is 1. The summed E-state index contributed by atoms with van der Waals surface area (Å²) >= 11 is 0. The number of nitriles is 1. The van der Waals surface area contributed by atoms with E-state index in [0.29, 0.717) is 19.0 Å². The number of rotatable bonds is 6. The Balaban J connectivity index is 1.84. The average Bonchev–Trinajstić information content (AvgIpc) is 2.64. The largest absolute Gasteiger partial charge is 0.455 e. The minimum absolute atomic E-state index is 0.0252. The predicted octanol–water partition coefficient (Wildman–Crippen LogP) is 0.638. The highest BCUT2D eigenvalue weighted by Crippen LogP contribution is 2.15. The molecule has 1 aromatic carbocycles. The van der Waals surface area contributed by atoms with E-state index in [0.717, 1.165) is 12.8 Å². The summed E-state index contributed by atoms with van der Waals surface area (Å²) in [6, 6.07) is 7.44. The van der Waals surface area contributed by atoms with Crippen molar-refractivity contribution in [3.05, 3.63) is 29.8 Å². The molecule has 140 valence electrons. The van der Waals surface area contributed by atoms with Crippen LogP contribution < -0.4 is 4.72 Å². The van der Waals surface area contributed by atoms with Gasteiger partial charge in [-0.2, -0.15) is 9.98 Å². The SMILES string of the molecule is C[C@@H]1CCCN(C(=O)COC(=O)CNS(=O)(=O)c2ccccc2C#N)C1. The zero-order valence-corrected chi connectivity index (χ0v) is 15.3. The van der Waals surface area contributed by atoms with E-state index in [-0.39, 0.29) is 16.4 Å². The Morgan fingerprint density at radius 1 is 1.38 bits per heavy atom. The van der Waals surface area contributed by atoms with Crippen molar-refractivity contribution in [3.8, 4) is 6.07 Å². The molecule has 1 saturated heterocycles. The third kappa shape index (κ3) is 5.28. The van der Waals surface area contributed by atoms with Crippen LogP contribution in [0, 0.1) is 17.2 Å². The van der Waals surface area contributed by atoms with Gasteiger partial charge in [-0.05, 0) is 30.9 Å². The van der Waals surface area contributed by atoms with Crippen LogP contribution >= 0.6 is 0 Å². The van der Waals surface area contributed by atoms with Crippen molar-refractivity contribution in [2.75, 3.05) is 26.2 Å². The van der Waals surface area contributed by atoms with E-state index in [1.54, 1.807) is 17.0 Å². The quantitative estimate of drug-likeness (QED) is 0.725. The number of amides is 1. The molecule has 1 aliphatic rings. The number of esters is 1. The molecule has 1 atom stereocenters. The number of nitrogens with one attached hydrogen (secondary N) is 1. The smallest absolute Gasteiger partial charge is 0.321 e. The molecule has 1 amide bonds. The van der Waals surface area contributed by atoms with Gasteiger partial charge in [-0.15, -0.1) is 0 Å². The number of nitrogens with zero attached hydrogens (tertiary/aromatic N) is 2. The number of benzene rings is 1. The number of hydrogen-bond acceptors (Lipinski definition) is 6. The molecule has 0 aliphatic carbocycles. The van der Waals surface area contributed by atoms with Gasteiger partial charge in [0.05, 0.1) is 10.5 Å². The summed E-state index contributed by atoms with van der Waals surface area (Å²) in [6.07, 6.45) is 1.98. The van der Waals surface area contributed by atoms with Gasteiger partial charge < -0.3 is 9.64 Å². The van der Waals surface area contributed by atoms with Crippen molar-refractivity contribution in [1.82, 2.24) is 9.62 Å². The zero-order valence-electron chi connectivity index (χ0n) is 14.5. The molecule has 1 heterocycles. The van der Waals surface area contributed by atoms with E-state index in [1.807, 2.05) is 0 Å². The molecule has 1 N–H and O–H groups in total. The van der Waals surface area contributed by atoms with Crippen LogP contribution in [-0.4, -0.2) is 51.4 Å². The van der Waals surface area contributed by atoms with Gasteiger partial charge in [0.15, 0.2) is 6.61 Å². The Kier molecular flexibility index (Phi) is 6.71. The van der Waals surface area contributed by atoms with Gasteiger partial charge in [-0.25, -0.2) is 8.42 Å². The van der Waals surface area contributed by atoms with Gasteiger partial charge in [0.25, 0.3) is 5.91 Å². The highest BCUT2D eigenvalue weighted by molar-refractivity contribution is 7.89. The Hall–Kier alpha value is -2.44. The molecule has 0 radical (unpaired) electrons. The van der Waals surface area contributed by atoms with E-state index in [9.17, 15) is 18.0 Å². The normalized spacial score (nSPS) is 17.4. The molecule has 0 aromatic heterocycles. The first-order chi connectivity index (χ1) is 12.3. The lowest BCUT2D eigenvalue weighted by molar-refractivity contribution is -0.151. The van der Waals surface area contributed by atoms with E-state index in [4.69, 9.17) is 10.00 Å². The van der Waals surface area contributed by atoms with E-state index in [2.05, 4.69) is 11.6 Å². The lowest BCUT2D eigenvalue weighted by atomic mass is 10.0. The van der Waals surface area contributed by atoms with Crippen molar-refractivity contribution in [1.29, 1.82) is 5.26 Å². The van der Waals surface area contributed by atoms with Crippen LogP contribution in [0.25, 0.3) is 0 Å². The molecule has 1 fully saturated rings. The van der Waals surface area contributed by atoms with Gasteiger partial charge in [0.1, 0.15) is 12.6 Å². The molecule has 9 heteroatoms. The Morgan fingerprint density at radius 3 is 2.81 bits per heavy atom. The number of sulfonamides is 1. The molecule has 0 bridgehead atoms. The van der Waals surface area contributed by atoms with Gasteiger partial charge in [0.2, 0.25) is 10.0 Å². The molecule has 0 saturated carbocycles. The number of piperidine rings is 1. The van der Waals surface area contributed by atoms with Crippen LogP contribution in [0.3, 0.4) is 0 Å². The molecule has 1 aromatic rings. The number of ether oxygens (including phenoxy) is 1. The summed E-state index contributed by atoms with van der Waals surface area (Å²) in [6.45, 7) is 2.29. The van der Waals surface area contributed by atoms with Gasteiger partial charge in [0, 0.05) is 13.1 Å². The van der Waals surface area contributed by atoms with Crippen molar-refractivity contribution >= 4 is 21.9 Å². The first-order valence-electron chi connectivity index (χ1n) is 8.25. The Bertz CT molecular complexity index is 816. The second-order valence-corrected chi connectivity index (χ2v) is 7.92. The average molecular weight is 379 g/mol. The maximum absolute atomic E-state index is 12.2. The lowest BCUT2D eigenvalue weighted by Crippen LogP contribution is -2.42. The molecular weight excluding hydrogens is 358 g/mol. The number of carbonyl (C=O) groups is 2. The maximum atomic E-state index is 12.2. The van der Waals surface area contributed by atoms with Crippen molar-refractivity contribution < 1.29 is 22.7 Å². The third-order valence-corrected chi connectivity index (χ3v) is 5.53. The fourth-order valence-electron chi connectivity index (χ4n) is 2.73. The molecule has 1 aliphatic heterocycles.